The maximum Gasteiger partial charge on any atom is 1.00 e. The summed E-state index contributed by atoms with van der Waals surface area (Å²) in [7, 11) is 3.89. The number of hydrogen-bond donors (Lipinski definition) is 0. The summed E-state index contributed by atoms with van der Waals surface area (Å²) in [6.07, 6.45) is 4.51. The van der Waals surface area contributed by atoms with Gasteiger partial charge in [0, 0.05) is 17.0 Å². The molecule has 0 aromatic carbocycles. The van der Waals surface area contributed by atoms with Crippen LogP contribution < -0.4 is 24.0 Å². The van der Waals surface area contributed by atoms with E-state index in [1.807, 2.05) is 21.6 Å². The van der Waals surface area contributed by atoms with Gasteiger partial charge in [-0.3, -0.25) is 0 Å². The zero-order valence-electron chi connectivity index (χ0n) is 7.95. The van der Waals surface area contributed by atoms with Crippen LogP contribution in [0.2, 0.25) is 0 Å². The minimum Gasteiger partial charge on any atom is -0.550 e. The number of unbranched alkanes of at least 4 members (excludes halogenated alkanes) is 1. The fourth-order valence-corrected chi connectivity index (χ4v) is 4.23. The second kappa shape index (κ2) is 8.11. The van der Waals surface area contributed by atoms with Crippen LogP contribution in [0.5, 0.6) is 0 Å². The molecule has 0 N–H and O–H groups in total. The van der Waals surface area contributed by atoms with Gasteiger partial charge in [0.25, 0.3) is 0 Å². The number of carboxylic acid groups (broad SMARTS) is 1. The zero-order chi connectivity index (χ0) is 8.81. The Morgan fingerprint density at radius 3 is 2.77 bits per heavy atom. The molecule has 1 atom stereocenters. The molecule has 0 amide bonds. The SMILES string of the molecule is O=C([O-])CCCCC1CCSS1.[Li+]. The third kappa shape index (κ3) is 6.79. The molecule has 0 radical (unpaired) electrons. The molecule has 0 saturated carbocycles. The molecular weight excluding hydrogens is 199 g/mol. The number of aliphatic carboxylic acids is 1. The second-order valence-electron chi connectivity index (χ2n) is 2.95. The van der Waals surface area contributed by atoms with E-state index in [1.54, 1.807) is 0 Å². The normalized spacial score (nSPS) is 21.1. The number of carbonyl (C=O) groups is 1. The van der Waals surface area contributed by atoms with Crippen molar-refractivity contribution in [2.45, 2.75) is 37.4 Å². The van der Waals surface area contributed by atoms with Crippen molar-refractivity contribution in [3.8, 4) is 0 Å². The van der Waals surface area contributed by atoms with E-state index >= 15 is 0 Å². The van der Waals surface area contributed by atoms with Crippen LogP contribution in [0.1, 0.15) is 32.1 Å². The Kier molecular flexibility index (Phi) is 8.59. The van der Waals surface area contributed by atoms with Gasteiger partial charge in [0.1, 0.15) is 0 Å². The first-order valence-corrected chi connectivity index (χ1v) is 6.65. The van der Waals surface area contributed by atoms with Gasteiger partial charge in [-0.05, 0) is 25.7 Å². The predicted molar refractivity (Wildman–Crippen MR) is 51.9 cm³/mol. The molecule has 1 aliphatic heterocycles. The summed E-state index contributed by atoms with van der Waals surface area (Å²) < 4.78 is 0. The Balaban J connectivity index is 0.00000144. The molecule has 0 aromatic rings. The molecule has 13 heavy (non-hydrogen) atoms. The van der Waals surface area contributed by atoms with Crippen molar-refractivity contribution in [3.63, 3.8) is 0 Å². The van der Waals surface area contributed by atoms with Gasteiger partial charge in [-0.15, -0.1) is 0 Å². The average Bonchev–Trinajstić information content (AvgIpc) is 2.49. The van der Waals surface area contributed by atoms with Crippen LogP contribution in [-0.2, 0) is 4.79 Å². The van der Waals surface area contributed by atoms with Gasteiger partial charge in [0.2, 0.25) is 0 Å². The van der Waals surface area contributed by atoms with Crippen LogP contribution >= 0.6 is 21.6 Å². The van der Waals surface area contributed by atoms with Crippen LogP contribution in [0.25, 0.3) is 0 Å². The first kappa shape index (κ1) is 13.8. The summed E-state index contributed by atoms with van der Waals surface area (Å²) >= 11 is 0. The molecule has 1 rings (SSSR count). The van der Waals surface area contributed by atoms with Gasteiger partial charge in [0.15, 0.2) is 0 Å². The van der Waals surface area contributed by atoms with E-state index in [0.29, 0.717) is 0 Å². The maximum absolute atomic E-state index is 10.1. The van der Waals surface area contributed by atoms with Crippen molar-refractivity contribution in [1.29, 1.82) is 0 Å². The van der Waals surface area contributed by atoms with E-state index in [4.69, 9.17) is 0 Å². The largest absolute Gasteiger partial charge is 1.00 e. The summed E-state index contributed by atoms with van der Waals surface area (Å²) in [5, 5.41) is 10.8. The van der Waals surface area contributed by atoms with Gasteiger partial charge >= 0.3 is 18.9 Å². The monoisotopic (exact) mass is 212 g/mol. The third-order valence-corrected chi connectivity index (χ3v) is 4.89. The number of hydrogen-bond acceptors (Lipinski definition) is 4. The zero-order valence-corrected chi connectivity index (χ0v) is 9.59. The fraction of sp³-hybridized carbons (Fsp3) is 0.875. The quantitative estimate of drug-likeness (QED) is 0.314. The summed E-state index contributed by atoms with van der Waals surface area (Å²) in [5.74, 6) is 0.346. The first-order chi connectivity index (χ1) is 5.79. The minimum atomic E-state index is -0.913. The topological polar surface area (TPSA) is 40.1 Å². The molecule has 70 valence electrons. The van der Waals surface area contributed by atoms with Gasteiger partial charge in [-0.1, -0.05) is 28.0 Å². The summed E-state index contributed by atoms with van der Waals surface area (Å²) in [6, 6.07) is 0. The molecule has 0 aliphatic carbocycles. The number of carbonyl (C=O) groups excluding carboxylic acids is 1. The Labute approximate surface area is 99.2 Å². The van der Waals surface area contributed by atoms with E-state index in [2.05, 4.69) is 0 Å². The Morgan fingerprint density at radius 1 is 1.46 bits per heavy atom. The van der Waals surface area contributed by atoms with Gasteiger partial charge in [-0.25, -0.2) is 0 Å². The smallest absolute Gasteiger partial charge is 0.550 e. The van der Waals surface area contributed by atoms with E-state index in [-0.39, 0.29) is 25.3 Å². The molecular formula is C8H13LiO2S2. The number of carboxylic acids is 1. The molecule has 2 nitrogen and oxygen atoms in total. The average molecular weight is 212 g/mol. The van der Waals surface area contributed by atoms with Crippen molar-refractivity contribution in [3.05, 3.63) is 0 Å². The first-order valence-electron chi connectivity index (χ1n) is 4.27. The van der Waals surface area contributed by atoms with Crippen molar-refractivity contribution in [1.82, 2.24) is 0 Å². The summed E-state index contributed by atoms with van der Waals surface area (Å²) in [5.41, 5.74) is 0. The van der Waals surface area contributed by atoms with E-state index in [1.165, 1.54) is 18.6 Å². The van der Waals surface area contributed by atoms with Crippen molar-refractivity contribution in [2.24, 2.45) is 0 Å². The van der Waals surface area contributed by atoms with Crippen molar-refractivity contribution in [2.75, 3.05) is 5.75 Å². The van der Waals surface area contributed by atoms with Crippen LogP contribution in [-0.4, -0.2) is 17.0 Å². The molecule has 1 aliphatic rings. The fourth-order valence-electron chi connectivity index (χ4n) is 1.21. The molecule has 0 aromatic heterocycles. The summed E-state index contributed by atoms with van der Waals surface area (Å²) in [4.78, 5) is 10.1. The van der Waals surface area contributed by atoms with Crippen LogP contribution in [0, 0.1) is 0 Å². The summed E-state index contributed by atoms with van der Waals surface area (Å²) in [6.45, 7) is 0. The molecule has 1 fully saturated rings. The van der Waals surface area contributed by atoms with Gasteiger partial charge in [-0.2, -0.15) is 0 Å². The van der Waals surface area contributed by atoms with E-state index in [9.17, 15) is 9.90 Å². The molecule has 1 heterocycles. The van der Waals surface area contributed by atoms with Crippen LogP contribution in [0.3, 0.4) is 0 Å². The van der Waals surface area contributed by atoms with Gasteiger partial charge < -0.3 is 9.90 Å². The Bertz CT molecular complexity index is 149. The number of rotatable bonds is 5. The molecule has 1 saturated heterocycles. The van der Waals surface area contributed by atoms with E-state index < -0.39 is 5.97 Å². The Hall–Kier alpha value is 0.767. The van der Waals surface area contributed by atoms with Crippen molar-refractivity contribution < 1.29 is 28.8 Å². The molecule has 1 unspecified atom stereocenters. The maximum atomic E-state index is 10.1. The molecule has 5 heteroatoms. The third-order valence-electron chi connectivity index (χ3n) is 1.88. The van der Waals surface area contributed by atoms with Crippen LogP contribution in [0.15, 0.2) is 0 Å². The van der Waals surface area contributed by atoms with Gasteiger partial charge in [0.05, 0.1) is 0 Å². The Morgan fingerprint density at radius 2 is 2.23 bits per heavy atom. The standard InChI is InChI=1S/C8H14O2S2.Li/c9-8(10)4-2-1-3-7-5-6-11-12-7;/h7H,1-6H2,(H,9,10);/q;+1/p-1. The minimum absolute atomic E-state index is 0. The predicted octanol–water partition coefficient (Wildman–Crippen LogP) is -1.55. The van der Waals surface area contributed by atoms with E-state index in [0.717, 1.165) is 18.1 Å². The van der Waals surface area contributed by atoms with Crippen molar-refractivity contribution >= 4 is 27.6 Å². The molecule has 0 spiro atoms. The molecule has 0 bridgehead atoms. The van der Waals surface area contributed by atoms with Crippen LogP contribution in [0.4, 0.5) is 0 Å². The second-order valence-corrected chi connectivity index (χ2v) is 5.73.